The van der Waals surface area contributed by atoms with Gasteiger partial charge in [-0.3, -0.25) is 0 Å². The smallest absolute Gasteiger partial charge is 0.131 e. The van der Waals surface area contributed by atoms with Crippen molar-refractivity contribution in [2.45, 2.75) is 32.6 Å². The Labute approximate surface area is 111 Å². The minimum absolute atomic E-state index is 0.313. The molecule has 1 aliphatic carbocycles. The Morgan fingerprint density at radius 3 is 2.61 bits per heavy atom. The topological polar surface area (TPSA) is 85.6 Å². The number of anilines is 2. The van der Waals surface area contributed by atoms with E-state index in [0.717, 1.165) is 11.5 Å². The zero-order valence-electron chi connectivity index (χ0n) is 10.4. The first kappa shape index (κ1) is 12.7. The number of nitrogens with two attached hydrogens (primary N) is 1. The number of nitriles is 2. The van der Waals surface area contributed by atoms with Crippen molar-refractivity contribution >= 4 is 22.0 Å². The molecule has 0 aliphatic heterocycles. The number of thiophene rings is 1. The second-order valence-corrected chi connectivity index (χ2v) is 5.90. The number of nitrogens with zero attached hydrogens (tertiary/aromatic N) is 2. The van der Waals surface area contributed by atoms with Crippen LogP contribution in [0.2, 0.25) is 0 Å². The molecule has 0 saturated heterocycles. The highest BCUT2D eigenvalue weighted by atomic mass is 32.1. The van der Waals surface area contributed by atoms with Gasteiger partial charge < -0.3 is 11.1 Å². The number of rotatable bonds is 5. The maximum absolute atomic E-state index is 9.08. The second kappa shape index (κ2) is 4.88. The van der Waals surface area contributed by atoms with Crippen LogP contribution in [0.4, 0.5) is 10.7 Å². The molecule has 0 radical (unpaired) electrons. The Morgan fingerprint density at radius 2 is 2.11 bits per heavy atom. The lowest BCUT2D eigenvalue weighted by Crippen LogP contribution is -2.15. The van der Waals surface area contributed by atoms with Crippen LogP contribution in [0.1, 0.15) is 43.0 Å². The summed E-state index contributed by atoms with van der Waals surface area (Å²) in [6, 6.07) is 4.11. The molecule has 4 nitrogen and oxygen atoms in total. The van der Waals surface area contributed by atoms with E-state index in [1.165, 1.54) is 37.0 Å². The summed E-state index contributed by atoms with van der Waals surface area (Å²) in [6.45, 7) is 3.07. The number of hydrogen-bond donors (Lipinski definition) is 2. The van der Waals surface area contributed by atoms with E-state index in [-0.39, 0.29) is 0 Å². The Hall–Kier alpha value is -1.72. The Kier molecular flexibility index (Phi) is 3.45. The lowest BCUT2D eigenvalue weighted by Gasteiger charge is -2.14. The fourth-order valence-electron chi connectivity index (χ4n) is 2.25. The SMILES string of the molecule is CCCC1(CNc2sc(C#N)c(N)c2C#N)CC1. The van der Waals surface area contributed by atoms with Gasteiger partial charge in [0.25, 0.3) is 0 Å². The van der Waals surface area contributed by atoms with Gasteiger partial charge in [-0.25, -0.2) is 0 Å². The summed E-state index contributed by atoms with van der Waals surface area (Å²) in [7, 11) is 0. The maximum Gasteiger partial charge on any atom is 0.131 e. The van der Waals surface area contributed by atoms with E-state index in [0.29, 0.717) is 21.5 Å². The minimum atomic E-state index is 0.313. The van der Waals surface area contributed by atoms with E-state index in [1.807, 2.05) is 6.07 Å². The molecule has 2 rings (SSSR count). The summed E-state index contributed by atoms with van der Waals surface area (Å²) in [6.07, 6.45) is 4.90. The van der Waals surface area contributed by atoms with E-state index in [9.17, 15) is 0 Å². The molecule has 0 bridgehead atoms. The van der Waals surface area contributed by atoms with Crippen molar-refractivity contribution in [2.24, 2.45) is 5.41 Å². The first-order valence-corrected chi connectivity index (χ1v) is 6.94. The van der Waals surface area contributed by atoms with Gasteiger partial charge in [-0.15, -0.1) is 11.3 Å². The van der Waals surface area contributed by atoms with Crippen molar-refractivity contribution < 1.29 is 0 Å². The molecule has 1 aromatic rings. The standard InChI is InChI=1S/C13H16N4S/c1-2-3-13(4-5-13)8-17-12-9(6-14)11(16)10(7-15)18-12/h17H,2-5,8,16H2,1H3. The van der Waals surface area contributed by atoms with Crippen LogP contribution in [0, 0.1) is 28.1 Å². The third kappa shape index (κ3) is 2.27. The van der Waals surface area contributed by atoms with Crippen molar-refractivity contribution in [2.75, 3.05) is 17.6 Å². The molecular formula is C13H16N4S. The van der Waals surface area contributed by atoms with Gasteiger partial charge in [-0.05, 0) is 24.7 Å². The van der Waals surface area contributed by atoms with Gasteiger partial charge in [-0.1, -0.05) is 13.3 Å². The molecule has 1 aliphatic rings. The zero-order valence-corrected chi connectivity index (χ0v) is 11.2. The summed E-state index contributed by atoms with van der Waals surface area (Å²) < 4.78 is 0. The Bertz CT molecular complexity index is 528. The predicted molar refractivity (Wildman–Crippen MR) is 73.2 cm³/mol. The molecule has 0 aromatic carbocycles. The van der Waals surface area contributed by atoms with Crippen molar-refractivity contribution in [1.82, 2.24) is 0 Å². The van der Waals surface area contributed by atoms with Crippen LogP contribution in [0.5, 0.6) is 0 Å². The van der Waals surface area contributed by atoms with Gasteiger partial charge in [0.1, 0.15) is 27.6 Å². The summed E-state index contributed by atoms with van der Waals surface area (Å²) in [5.74, 6) is 0. The average molecular weight is 260 g/mol. The van der Waals surface area contributed by atoms with Crippen LogP contribution in [0.3, 0.4) is 0 Å². The summed E-state index contributed by atoms with van der Waals surface area (Å²) in [5.41, 5.74) is 6.91. The van der Waals surface area contributed by atoms with Crippen LogP contribution in [-0.4, -0.2) is 6.54 Å². The molecule has 5 heteroatoms. The van der Waals surface area contributed by atoms with E-state index in [1.54, 1.807) is 0 Å². The van der Waals surface area contributed by atoms with Gasteiger partial charge in [0.15, 0.2) is 0 Å². The summed E-state index contributed by atoms with van der Waals surface area (Å²) in [5, 5.41) is 22.1. The van der Waals surface area contributed by atoms with Crippen LogP contribution >= 0.6 is 11.3 Å². The van der Waals surface area contributed by atoms with Crippen LogP contribution in [0.15, 0.2) is 0 Å². The fourth-order valence-corrected chi connectivity index (χ4v) is 3.12. The van der Waals surface area contributed by atoms with Crippen molar-refractivity contribution in [3.8, 4) is 12.1 Å². The largest absolute Gasteiger partial charge is 0.396 e. The quantitative estimate of drug-likeness (QED) is 0.852. The molecule has 18 heavy (non-hydrogen) atoms. The highest BCUT2D eigenvalue weighted by Gasteiger charge is 2.41. The number of nitrogens with one attached hydrogen (secondary N) is 1. The van der Waals surface area contributed by atoms with Crippen LogP contribution < -0.4 is 11.1 Å². The second-order valence-electron chi connectivity index (χ2n) is 4.88. The first-order chi connectivity index (χ1) is 8.65. The summed E-state index contributed by atoms with van der Waals surface area (Å²) >= 11 is 1.28. The molecule has 0 unspecified atom stereocenters. The van der Waals surface area contributed by atoms with Crippen LogP contribution in [0.25, 0.3) is 0 Å². The van der Waals surface area contributed by atoms with Gasteiger partial charge in [0.05, 0.1) is 5.69 Å². The fraction of sp³-hybridized carbons (Fsp3) is 0.538. The number of hydrogen-bond acceptors (Lipinski definition) is 5. The zero-order chi connectivity index (χ0) is 13.2. The molecule has 0 spiro atoms. The van der Waals surface area contributed by atoms with Gasteiger partial charge >= 0.3 is 0 Å². The molecular weight excluding hydrogens is 244 g/mol. The molecule has 94 valence electrons. The molecule has 1 fully saturated rings. The minimum Gasteiger partial charge on any atom is -0.396 e. The third-order valence-corrected chi connectivity index (χ3v) is 4.59. The lowest BCUT2D eigenvalue weighted by molar-refractivity contribution is 0.486. The first-order valence-electron chi connectivity index (χ1n) is 6.12. The highest BCUT2D eigenvalue weighted by molar-refractivity contribution is 7.17. The van der Waals surface area contributed by atoms with Crippen molar-refractivity contribution in [3.05, 3.63) is 10.4 Å². The van der Waals surface area contributed by atoms with E-state index < -0.39 is 0 Å². The van der Waals surface area contributed by atoms with Gasteiger partial charge in [0, 0.05) is 6.54 Å². The average Bonchev–Trinajstić information content (AvgIpc) is 3.05. The highest BCUT2D eigenvalue weighted by Crippen LogP contribution is 2.50. The monoisotopic (exact) mass is 260 g/mol. The van der Waals surface area contributed by atoms with Crippen LogP contribution in [-0.2, 0) is 0 Å². The molecule has 1 saturated carbocycles. The molecule has 0 atom stereocenters. The molecule has 3 N–H and O–H groups in total. The van der Waals surface area contributed by atoms with E-state index >= 15 is 0 Å². The predicted octanol–water partition coefficient (Wildman–Crippen LogP) is 3.07. The molecule has 1 aromatic heterocycles. The third-order valence-electron chi connectivity index (χ3n) is 3.52. The molecule has 1 heterocycles. The van der Waals surface area contributed by atoms with Crippen molar-refractivity contribution in [1.29, 1.82) is 10.5 Å². The Morgan fingerprint density at radius 1 is 1.39 bits per heavy atom. The normalized spacial score (nSPS) is 15.7. The Balaban J connectivity index is 2.11. The van der Waals surface area contributed by atoms with E-state index in [4.69, 9.17) is 16.3 Å². The maximum atomic E-state index is 9.08. The number of nitrogen functional groups attached to an aromatic ring is 1. The van der Waals surface area contributed by atoms with Gasteiger partial charge in [-0.2, -0.15) is 10.5 Å². The molecule has 0 amide bonds. The van der Waals surface area contributed by atoms with Gasteiger partial charge in [0.2, 0.25) is 0 Å². The summed E-state index contributed by atoms with van der Waals surface area (Å²) in [4.78, 5) is 0.425. The lowest BCUT2D eigenvalue weighted by atomic mass is 10.0. The van der Waals surface area contributed by atoms with Crippen molar-refractivity contribution in [3.63, 3.8) is 0 Å². The van der Waals surface area contributed by atoms with E-state index in [2.05, 4.69) is 18.3 Å².